The van der Waals surface area contributed by atoms with E-state index in [1.807, 2.05) is 30.3 Å². The van der Waals surface area contributed by atoms with Gasteiger partial charge in [0.2, 0.25) is 5.91 Å². The number of hydrazone groups is 1. The van der Waals surface area contributed by atoms with Gasteiger partial charge in [-0.15, -0.1) is 0 Å². The lowest BCUT2D eigenvalue weighted by molar-refractivity contribution is -0.117. The average Bonchev–Trinajstić information content (AvgIpc) is 2.60. The van der Waals surface area contributed by atoms with Crippen molar-refractivity contribution in [1.29, 1.82) is 0 Å². The molecule has 0 bridgehead atoms. The molecule has 1 aromatic carbocycles. The summed E-state index contributed by atoms with van der Waals surface area (Å²) in [5.74, 6) is 0.671. The van der Waals surface area contributed by atoms with Crippen LogP contribution in [0.3, 0.4) is 0 Å². The minimum atomic E-state index is -0.0686. The molecule has 1 atom stereocenters. The van der Waals surface area contributed by atoms with Crippen LogP contribution in [-0.4, -0.2) is 23.8 Å². The first-order chi connectivity index (χ1) is 7.66. The number of amides is 1. The van der Waals surface area contributed by atoms with E-state index in [0.717, 1.165) is 12.3 Å². The van der Waals surface area contributed by atoms with E-state index in [1.54, 1.807) is 0 Å². The maximum Gasteiger partial charge on any atom is 0.222 e. The second-order valence-electron chi connectivity index (χ2n) is 3.93. The lowest BCUT2D eigenvalue weighted by Gasteiger charge is -2.18. The predicted octanol–water partition coefficient (Wildman–Crippen LogP) is 1.51. The first-order valence-corrected chi connectivity index (χ1v) is 5.29. The van der Waals surface area contributed by atoms with E-state index in [9.17, 15) is 4.79 Å². The van der Waals surface area contributed by atoms with Crippen LogP contribution in [0.5, 0.6) is 0 Å². The molecular formula is C12H15N3O. The standard InChI is InChI=1S/C12H15N3O/c1-9(16)13-12-8-11(15(2)14-12)10-6-4-3-5-7-10/h3-7,11H,8H2,1-2H3,(H,13,14,16). The van der Waals surface area contributed by atoms with E-state index in [1.165, 1.54) is 12.5 Å². The van der Waals surface area contributed by atoms with E-state index < -0.39 is 0 Å². The molecule has 1 N–H and O–H groups in total. The molecule has 1 amide bonds. The van der Waals surface area contributed by atoms with Crippen molar-refractivity contribution < 1.29 is 4.79 Å². The molecule has 4 nitrogen and oxygen atoms in total. The van der Waals surface area contributed by atoms with E-state index in [0.29, 0.717) is 0 Å². The summed E-state index contributed by atoms with van der Waals surface area (Å²) in [6, 6.07) is 10.4. The van der Waals surface area contributed by atoms with Gasteiger partial charge >= 0.3 is 0 Å². The van der Waals surface area contributed by atoms with Crippen LogP contribution in [0.25, 0.3) is 0 Å². The highest BCUT2D eigenvalue weighted by Crippen LogP contribution is 2.27. The Morgan fingerprint density at radius 3 is 2.75 bits per heavy atom. The highest BCUT2D eigenvalue weighted by Gasteiger charge is 2.25. The third kappa shape index (κ3) is 2.21. The Labute approximate surface area is 95.0 Å². The number of rotatable bonds is 1. The van der Waals surface area contributed by atoms with Gasteiger partial charge in [-0.25, -0.2) is 0 Å². The molecule has 0 aliphatic carbocycles. The number of amidine groups is 1. The Morgan fingerprint density at radius 2 is 2.12 bits per heavy atom. The van der Waals surface area contributed by atoms with Gasteiger partial charge in [-0.1, -0.05) is 30.3 Å². The van der Waals surface area contributed by atoms with Crippen molar-refractivity contribution in [3.63, 3.8) is 0 Å². The highest BCUT2D eigenvalue weighted by molar-refractivity contribution is 5.98. The van der Waals surface area contributed by atoms with Gasteiger partial charge in [0, 0.05) is 20.4 Å². The Bertz CT molecular complexity index is 414. The molecular weight excluding hydrogens is 202 g/mol. The molecule has 4 heteroatoms. The molecule has 0 aromatic heterocycles. The first-order valence-electron chi connectivity index (χ1n) is 5.29. The summed E-state index contributed by atoms with van der Waals surface area (Å²) in [6.07, 6.45) is 0.750. The SMILES string of the molecule is CC(=O)NC1=NN(C)C(c2ccccc2)C1. The molecule has 2 rings (SSSR count). The second kappa shape index (κ2) is 4.35. The van der Waals surface area contributed by atoms with Crippen LogP contribution in [-0.2, 0) is 4.79 Å². The van der Waals surface area contributed by atoms with Crippen LogP contribution in [0.4, 0.5) is 0 Å². The summed E-state index contributed by atoms with van der Waals surface area (Å²) in [5, 5.41) is 8.94. The van der Waals surface area contributed by atoms with Crippen molar-refractivity contribution in [3.8, 4) is 0 Å². The minimum Gasteiger partial charge on any atom is -0.313 e. The van der Waals surface area contributed by atoms with Gasteiger partial charge < -0.3 is 5.32 Å². The fraction of sp³-hybridized carbons (Fsp3) is 0.333. The summed E-state index contributed by atoms with van der Waals surface area (Å²) in [7, 11) is 1.92. The Kier molecular flexibility index (Phi) is 2.90. The first kappa shape index (κ1) is 10.7. The maximum absolute atomic E-state index is 10.9. The molecule has 1 heterocycles. The Morgan fingerprint density at radius 1 is 1.44 bits per heavy atom. The van der Waals surface area contributed by atoms with Crippen LogP contribution in [0.15, 0.2) is 35.4 Å². The van der Waals surface area contributed by atoms with Gasteiger partial charge in [0.1, 0.15) is 5.84 Å². The fourth-order valence-corrected chi connectivity index (χ4v) is 1.90. The number of nitrogens with zero attached hydrogens (tertiary/aromatic N) is 2. The monoisotopic (exact) mass is 217 g/mol. The van der Waals surface area contributed by atoms with Crippen molar-refractivity contribution in [1.82, 2.24) is 10.3 Å². The second-order valence-corrected chi connectivity index (χ2v) is 3.93. The molecule has 1 aromatic rings. The minimum absolute atomic E-state index is 0.0686. The molecule has 1 unspecified atom stereocenters. The van der Waals surface area contributed by atoms with Crippen LogP contribution >= 0.6 is 0 Å². The molecule has 0 fully saturated rings. The summed E-state index contributed by atoms with van der Waals surface area (Å²) in [6.45, 7) is 1.50. The van der Waals surface area contributed by atoms with E-state index in [4.69, 9.17) is 0 Å². The van der Waals surface area contributed by atoms with Gasteiger partial charge in [0.15, 0.2) is 0 Å². The molecule has 0 radical (unpaired) electrons. The number of carbonyl (C=O) groups is 1. The van der Waals surface area contributed by atoms with Gasteiger partial charge in [-0.05, 0) is 5.56 Å². The average molecular weight is 217 g/mol. The molecule has 16 heavy (non-hydrogen) atoms. The lowest BCUT2D eigenvalue weighted by Crippen LogP contribution is -2.26. The number of carbonyl (C=O) groups excluding carboxylic acids is 1. The molecule has 0 saturated heterocycles. The van der Waals surface area contributed by atoms with Crippen molar-refractivity contribution in [2.45, 2.75) is 19.4 Å². The summed E-state index contributed by atoms with van der Waals surface area (Å²) in [4.78, 5) is 10.9. The van der Waals surface area contributed by atoms with Crippen LogP contribution in [0, 0.1) is 0 Å². The zero-order chi connectivity index (χ0) is 11.5. The van der Waals surface area contributed by atoms with Crippen molar-refractivity contribution in [3.05, 3.63) is 35.9 Å². The topological polar surface area (TPSA) is 44.7 Å². The maximum atomic E-state index is 10.9. The van der Waals surface area contributed by atoms with E-state index in [-0.39, 0.29) is 11.9 Å². The number of benzene rings is 1. The normalized spacial score (nSPS) is 19.5. The number of nitrogens with one attached hydrogen (secondary N) is 1. The van der Waals surface area contributed by atoms with Crippen molar-refractivity contribution in [2.75, 3.05) is 7.05 Å². The van der Waals surface area contributed by atoms with E-state index >= 15 is 0 Å². The van der Waals surface area contributed by atoms with Gasteiger partial charge in [-0.3, -0.25) is 9.80 Å². The van der Waals surface area contributed by atoms with Crippen molar-refractivity contribution >= 4 is 11.7 Å². The highest BCUT2D eigenvalue weighted by atomic mass is 16.1. The fourth-order valence-electron chi connectivity index (χ4n) is 1.90. The summed E-state index contributed by atoms with van der Waals surface area (Å²) >= 11 is 0. The lowest BCUT2D eigenvalue weighted by atomic mass is 10.0. The van der Waals surface area contributed by atoms with Crippen LogP contribution in [0.1, 0.15) is 24.9 Å². The molecule has 1 aliphatic heterocycles. The Hall–Kier alpha value is -1.84. The third-order valence-electron chi connectivity index (χ3n) is 2.62. The van der Waals surface area contributed by atoms with Gasteiger partial charge in [0.25, 0.3) is 0 Å². The van der Waals surface area contributed by atoms with E-state index in [2.05, 4.69) is 22.6 Å². The molecule has 0 spiro atoms. The smallest absolute Gasteiger partial charge is 0.222 e. The number of hydrogen-bond acceptors (Lipinski definition) is 3. The van der Waals surface area contributed by atoms with Crippen LogP contribution < -0.4 is 5.32 Å². The van der Waals surface area contributed by atoms with Gasteiger partial charge in [-0.2, -0.15) is 5.10 Å². The summed E-state index contributed by atoms with van der Waals surface area (Å²) < 4.78 is 0. The zero-order valence-corrected chi connectivity index (χ0v) is 9.47. The molecule has 84 valence electrons. The Balaban J connectivity index is 2.10. The summed E-state index contributed by atoms with van der Waals surface area (Å²) in [5.41, 5.74) is 1.22. The van der Waals surface area contributed by atoms with Crippen molar-refractivity contribution in [2.24, 2.45) is 5.10 Å². The van der Waals surface area contributed by atoms with Crippen LogP contribution in [0.2, 0.25) is 0 Å². The molecule has 0 saturated carbocycles. The predicted molar refractivity (Wildman–Crippen MR) is 62.8 cm³/mol. The largest absolute Gasteiger partial charge is 0.313 e. The quantitative estimate of drug-likeness (QED) is 0.775. The number of hydrogen-bond donors (Lipinski definition) is 1. The zero-order valence-electron chi connectivity index (χ0n) is 9.47. The van der Waals surface area contributed by atoms with Gasteiger partial charge in [0.05, 0.1) is 6.04 Å². The third-order valence-corrected chi connectivity index (χ3v) is 2.62. The molecule has 1 aliphatic rings.